The Morgan fingerprint density at radius 1 is 1.32 bits per heavy atom. The first-order valence-electron chi connectivity index (χ1n) is 8.75. The highest BCUT2D eigenvalue weighted by atomic mass is 16.5. The van der Waals surface area contributed by atoms with Gasteiger partial charge in [-0.15, -0.1) is 0 Å². The maximum absolute atomic E-state index is 13.2. The van der Waals surface area contributed by atoms with Gasteiger partial charge in [-0.2, -0.15) is 4.98 Å². The Kier molecular flexibility index (Phi) is 3.82. The van der Waals surface area contributed by atoms with E-state index in [1.807, 2.05) is 60.8 Å². The second kappa shape index (κ2) is 6.02. The third-order valence-electron chi connectivity index (χ3n) is 4.89. The topological polar surface area (TPSA) is 64.2 Å². The molecule has 1 atom stereocenters. The van der Waals surface area contributed by atoms with Crippen LogP contribution < -0.4 is 0 Å². The van der Waals surface area contributed by atoms with Crippen LogP contribution in [0.25, 0.3) is 10.9 Å². The maximum Gasteiger partial charge on any atom is 0.256 e. The summed E-state index contributed by atoms with van der Waals surface area (Å²) >= 11 is 0. The summed E-state index contributed by atoms with van der Waals surface area (Å²) in [5.74, 6) is 1.47. The number of carbonyl (C=O) groups excluding carboxylic acids is 1. The first-order chi connectivity index (χ1) is 12.1. The fourth-order valence-electron chi connectivity index (χ4n) is 3.56. The molecule has 0 saturated carbocycles. The molecule has 0 unspecified atom stereocenters. The predicted octanol–water partition coefficient (Wildman–Crippen LogP) is 3.66. The Balaban J connectivity index is 1.68. The molecule has 1 aromatic carbocycles. The van der Waals surface area contributed by atoms with Crippen molar-refractivity contribution in [1.29, 1.82) is 0 Å². The van der Waals surface area contributed by atoms with Crippen molar-refractivity contribution in [3.8, 4) is 0 Å². The lowest BCUT2D eigenvalue weighted by molar-refractivity contribution is 0.0730. The minimum Gasteiger partial charge on any atom is -0.350 e. The van der Waals surface area contributed by atoms with Crippen LogP contribution in [0.2, 0.25) is 0 Å². The summed E-state index contributed by atoms with van der Waals surface area (Å²) in [5, 5.41) is 5.11. The normalized spacial score (nSPS) is 17.8. The molecule has 0 bridgehead atoms. The summed E-state index contributed by atoms with van der Waals surface area (Å²) in [4.78, 5) is 19.6. The number of amides is 1. The van der Waals surface area contributed by atoms with E-state index < -0.39 is 0 Å². The molecule has 4 rings (SSSR count). The molecule has 0 N–H and O–H groups in total. The fraction of sp³-hybridized carbons (Fsp3) is 0.421. The van der Waals surface area contributed by atoms with Crippen LogP contribution >= 0.6 is 0 Å². The number of fused-ring (bicyclic) bond motifs is 1. The Morgan fingerprint density at radius 3 is 2.88 bits per heavy atom. The fourth-order valence-corrected chi connectivity index (χ4v) is 3.56. The van der Waals surface area contributed by atoms with Gasteiger partial charge >= 0.3 is 0 Å². The van der Waals surface area contributed by atoms with Gasteiger partial charge in [0.15, 0.2) is 5.82 Å². The second-order valence-electron chi connectivity index (χ2n) is 6.97. The molecule has 6 heteroatoms. The van der Waals surface area contributed by atoms with Crippen LogP contribution in [0.15, 0.2) is 35.0 Å². The number of rotatable bonds is 3. The van der Waals surface area contributed by atoms with Crippen molar-refractivity contribution in [3.05, 3.63) is 47.7 Å². The number of aryl methyl sites for hydroxylation is 1. The van der Waals surface area contributed by atoms with E-state index in [0.29, 0.717) is 11.7 Å². The molecule has 1 aliphatic heterocycles. The molecule has 1 amide bonds. The van der Waals surface area contributed by atoms with Crippen molar-refractivity contribution in [2.45, 2.75) is 38.6 Å². The number of para-hydroxylation sites is 1. The molecule has 25 heavy (non-hydrogen) atoms. The van der Waals surface area contributed by atoms with Gasteiger partial charge in [0.2, 0.25) is 5.89 Å². The highest BCUT2D eigenvalue weighted by Gasteiger charge is 2.35. The molecule has 0 radical (unpaired) electrons. The van der Waals surface area contributed by atoms with Gasteiger partial charge in [-0.05, 0) is 18.9 Å². The summed E-state index contributed by atoms with van der Waals surface area (Å²) in [6.45, 7) is 4.76. The Labute approximate surface area is 146 Å². The van der Waals surface area contributed by atoms with Crippen LogP contribution in [0.1, 0.15) is 60.7 Å². The molecule has 2 aromatic heterocycles. The van der Waals surface area contributed by atoms with Crippen molar-refractivity contribution in [3.63, 3.8) is 0 Å². The summed E-state index contributed by atoms with van der Waals surface area (Å²) in [6.07, 6.45) is 3.73. The largest absolute Gasteiger partial charge is 0.350 e. The predicted molar refractivity (Wildman–Crippen MR) is 94.3 cm³/mol. The standard InChI is InChI=1S/C19H22N4O2/c1-12(2)18-20-17(21-25-18)16-9-6-10-23(16)19(24)14-11-22(3)15-8-5-4-7-13(14)15/h4-5,7-8,11-12,16H,6,9-10H2,1-3H3/t16-/m0/s1. The quantitative estimate of drug-likeness (QED) is 0.731. The van der Waals surface area contributed by atoms with E-state index >= 15 is 0 Å². The van der Waals surface area contributed by atoms with Crippen LogP contribution in [-0.4, -0.2) is 32.1 Å². The SMILES string of the molecule is CC(C)c1nc([C@@H]2CCCN2C(=O)c2cn(C)c3ccccc23)no1. The van der Waals surface area contributed by atoms with E-state index in [9.17, 15) is 4.79 Å². The molecule has 1 aliphatic rings. The third kappa shape index (κ3) is 2.62. The first-order valence-corrected chi connectivity index (χ1v) is 8.75. The van der Waals surface area contributed by atoms with Crippen LogP contribution in [-0.2, 0) is 7.05 Å². The van der Waals surface area contributed by atoms with Crippen molar-refractivity contribution < 1.29 is 9.32 Å². The number of carbonyl (C=O) groups is 1. The first kappa shape index (κ1) is 15.9. The van der Waals surface area contributed by atoms with Gasteiger partial charge in [0.05, 0.1) is 11.6 Å². The average Bonchev–Trinajstić information content (AvgIpc) is 3.32. The third-order valence-corrected chi connectivity index (χ3v) is 4.89. The molecule has 3 heterocycles. The van der Waals surface area contributed by atoms with Crippen molar-refractivity contribution in [1.82, 2.24) is 19.6 Å². The van der Waals surface area contributed by atoms with E-state index in [2.05, 4.69) is 10.1 Å². The lowest BCUT2D eigenvalue weighted by Gasteiger charge is -2.22. The van der Waals surface area contributed by atoms with Gasteiger partial charge < -0.3 is 14.0 Å². The monoisotopic (exact) mass is 338 g/mol. The number of likely N-dealkylation sites (tertiary alicyclic amines) is 1. The number of nitrogens with zero attached hydrogens (tertiary/aromatic N) is 4. The molecule has 0 spiro atoms. The molecule has 6 nitrogen and oxygen atoms in total. The van der Waals surface area contributed by atoms with E-state index in [1.54, 1.807) is 0 Å². The van der Waals surface area contributed by atoms with Gasteiger partial charge in [-0.3, -0.25) is 4.79 Å². The van der Waals surface area contributed by atoms with Gasteiger partial charge in [-0.25, -0.2) is 0 Å². The summed E-state index contributed by atoms with van der Waals surface area (Å²) < 4.78 is 7.34. The summed E-state index contributed by atoms with van der Waals surface area (Å²) in [5.41, 5.74) is 1.79. The summed E-state index contributed by atoms with van der Waals surface area (Å²) in [6, 6.07) is 7.87. The smallest absolute Gasteiger partial charge is 0.256 e. The number of hydrogen-bond acceptors (Lipinski definition) is 4. The van der Waals surface area contributed by atoms with Gasteiger partial charge in [0.25, 0.3) is 5.91 Å². The van der Waals surface area contributed by atoms with Crippen molar-refractivity contribution >= 4 is 16.8 Å². The Hall–Kier alpha value is -2.63. The van der Waals surface area contributed by atoms with E-state index in [4.69, 9.17) is 4.52 Å². The van der Waals surface area contributed by atoms with Crippen LogP contribution in [0.4, 0.5) is 0 Å². The van der Waals surface area contributed by atoms with Crippen LogP contribution in [0, 0.1) is 0 Å². The number of hydrogen-bond donors (Lipinski definition) is 0. The van der Waals surface area contributed by atoms with Gasteiger partial charge in [0, 0.05) is 36.6 Å². The van der Waals surface area contributed by atoms with Crippen molar-refractivity contribution in [2.24, 2.45) is 7.05 Å². The molecule has 1 saturated heterocycles. The summed E-state index contributed by atoms with van der Waals surface area (Å²) in [7, 11) is 1.97. The van der Waals surface area contributed by atoms with Crippen LogP contribution in [0.5, 0.6) is 0 Å². The minimum atomic E-state index is -0.109. The molecule has 130 valence electrons. The zero-order valence-electron chi connectivity index (χ0n) is 14.8. The molecule has 3 aromatic rings. The zero-order chi connectivity index (χ0) is 17.6. The Morgan fingerprint density at radius 2 is 2.12 bits per heavy atom. The molecule has 0 aliphatic carbocycles. The molecular weight excluding hydrogens is 316 g/mol. The second-order valence-corrected chi connectivity index (χ2v) is 6.97. The van der Waals surface area contributed by atoms with Gasteiger partial charge in [0.1, 0.15) is 0 Å². The maximum atomic E-state index is 13.2. The Bertz CT molecular complexity index is 925. The van der Waals surface area contributed by atoms with E-state index in [0.717, 1.165) is 35.9 Å². The average molecular weight is 338 g/mol. The molecule has 1 fully saturated rings. The van der Waals surface area contributed by atoms with Gasteiger partial charge in [-0.1, -0.05) is 37.2 Å². The number of aromatic nitrogens is 3. The van der Waals surface area contributed by atoms with Crippen LogP contribution in [0.3, 0.4) is 0 Å². The zero-order valence-corrected chi connectivity index (χ0v) is 14.8. The lowest BCUT2D eigenvalue weighted by Crippen LogP contribution is -2.31. The highest BCUT2D eigenvalue weighted by Crippen LogP contribution is 2.33. The van der Waals surface area contributed by atoms with Crippen molar-refractivity contribution in [2.75, 3.05) is 6.54 Å². The number of benzene rings is 1. The highest BCUT2D eigenvalue weighted by molar-refractivity contribution is 6.07. The van der Waals surface area contributed by atoms with E-state index in [-0.39, 0.29) is 17.9 Å². The van der Waals surface area contributed by atoms with E-state index in [1.165, 1.54) is 0 Å². The lowest BCUT2D eigenvalue weighted by atomic mass is 10.1. The minimum absolute atomic E-state index is 0.0372. The molecular formula is C19H22N4O2.